The van der Waals surface area contributed by atoms with Crippen molar-refractivity contribution in [2.45, 2.75) is 65.2 Å². The summed E-state index contributed by atoms with van der Waals surface area (Å²) in [6.45, 7) is 7.37. The lowest BCUT2D eigenvalue weighted by Gasteiger charge is -2.26. The summed E-state index contributed by atoms with van der Waals surface area (Å²) < 4.78 is 20.8. The molecule has 0 bridgehead atoms. The normalized spacial score (nSPS) is 17.4. The van der Waals surface area contributed by atoms with Crippen molar-refractivity contribution in [1.82, 2.24) is 10.6 Å². The van der Waals surface area contributed by atoms with Gasteiger partial charge in [0.15, 0.2) is 11.8 Å². The molecule has 276 valence electrons. The number of carbonyl (C=O) groups excluding carboxylic acids is 4. The summed E-state index contributed by atoms with van der Waals surface area (Å²) in [4.78, 5) is 75.0. The summed E-state index contributed by atoms with van der Waals surface area (Å²) in [5.74, 6) is -1.58. The van der Waals surface area contributed by atoms with Crippen LogP contribution in [0.2, 0.25) is 0 Å². The molecule has 1 aromatic rings. The molecule has 0 spiro atoms. The van der Waals surface area contributed by atoms with Crippen LogP contribution in [-0.4, -0.2) is 110 Å². The highest BCUT2D eigenvalue weighted by atomic mass is 16.5. The van der Waals surface area contributed by atoms with E-state index in [0.29, 0.717) is 45.2 Å². The van der Waals surface area contributed by atoms with Crippen LogP contribution < -0.4 is 10.6 Å². The fraction of sp³-hybridized carbons (Fsp3) is 0.588. The van der Waals surface area contributed by atoms with E-state index in [4.69, 9.17) is 29.2 Å². The van der Waals surface area contributed by atoms with Gasteiger partial charge < -0.3 is 39.8 Å². The van der Waals surface area contributed by atoms with Crippen LogP contribution in [0.25, 0.3) is 0 Å². The first-order chi connectivity index (χ1) is 24.0. The summed E-state index contributed by atoms with van der Waals surface area (Å²) in [5, 5.41) is 22.2. The van der Waals surface area contributed by atoms with E-state index in [1.165, 1.54) is 31.2 Å². The number of benzene rings is 1. The summed E-state index contributed by atoms with van der Waals surface area (Å²) in [7, 11) is 0. The quantitative estimate of drug-likeness (QED) is 0.153. The fourth-order valence-electron chi connectivity index (χ4n) is 4.87. The van der Waals surface area contributed by atoms with Gasteiger partial charge in [-0.05, 0) is 56.4 Å². The van der Waals surface area contributed by atoms with Crippen molar-refractivity contribution in [3.63, 3.8) is 0 Å². The number of ether oxygens (including phenoxy) is 4. The first-order valence-corrected chi connectivity index (χ1v) is 16.7. The minimum atomic E-state index is -1.06. The second kappa shape index (κ2) is 23.4. The molecule has 0 aromatic heterocycles. The Balaban J connectivity index is 0.000000296. The van der Waals surface area contributed by atoms with Gasteiger partial charge in [0.05, 0.1) is 49.1 Å². The van der Waals surface area contributed by atoms with Crippen molar-refractivity contribution in [2.75, 3.05) is 52.6 Å². The van der Waals surface area contributed by atoms with Crippen molar-refractivity contribution in [2.24, 2.45) is 21.8 Å². The molecular formula is C34H48N4O12. The molecule has 50 heavy (non-hydrogen) atoms. The number of carboxylic acids is 2. The molecule has 2 aliphatic heterocycles. The number of carboxylic acid groups (broad SMARTS) is 2. The largest absolute Gasteiger partial charge is 0.479 e. The Bertz CT molecular complexity index is 1280. The Morgan fingerprint density at radius 3 is 1.50 bits per heavy atom. The van der Waals surface area contributed by atoms with Gasteiger partial charge in [0.2, 0.25) is 11.8 Å². The molecule has 0 unspecified atom stereocenters. The molecule has 16 heteroatoms. The van der Waals surface area contributed by atoms with Crippen LogP contribution in [0.5, 0.6) is 0 Å². The van der Waals surface area contributed by atoms with E-state index < -0.39 is 11.9 Å². The van der Waals surface area contributed by atoms with Crippen LogP contribution in [-0.2, 0) is 38.1 Å². The molecule has 1 saturated carbocycles. The number of nitrogens with one attached hydrogen (secondary N) is 2. The zero-order valence-electron chi connectivity index (χ0n) is 28.6. The Hall–Kier alpha value is -5.02. The maximum Gasteiger partial charge on any atom is 0.335 e. The predicted octanol–water partition coefficient (Wildman–Crippen LogP) is 2.64. The van der Waals surface area contributed by atoms with Crippen LogP contribution in [0, 0.1) is 11.8 Å². The molecule has 1 aromatic carbocycles. The molecule has 1 fully saturated rings. The molecule has 2 amide bonds. The van der Waals surface area contributed by atoms with E-state index >= 15 is 0 Å². The highest BCUT2D eigenvalue weighted by Gasteiger charge is 2.31. The zero-order valence-corrected chi connectivity index (χ0v) is 28.6. The molecule has 0 saturated heterocycles. The maximum absolute atomic E-state index is 12.0. The van der Waals surface area contributed by atoms with E-state index in [2.05, 4.69) is 20.6 Å². The van der Waals surface area contributed by atoms with Crippen LogP contribution in [0.15, 0.2) is 34.3 Å². The third kappa shape index (κ3) is 16.9. The highest BCUT2D eigenvalue weighted by molar-refractivity contribution is 5.91. The lowest BCUT2D eigenvalue weighted by Crippen LogP contribution is -2.32. The molecule has 4 rings (SSSR count). The van der Waals surface area contributed by atoms with Gasteiger partial charge >= 0.3 is 23.9 Å². The number of aliphatic imine (C=N–C) groups is 2. The lowest BCUT2D eigenvalue weighted by molar-refractivity contribution is -0.155. The first kappa shape index (κ1) is 41.2. The van der Waals surface area contributed by atoms with Crippen molar-refractivity contribution < 1.29 is 57.9 Å². The molecule has 2 heterocycles. The van der Waals surface area contributed by atoms with Gasteiger partial charge in [-0.2, -0.15) is 0 Å². The van der Waals surface area contributed by atoms with E-state index in [-0.39, 0.29) is 59.9 Å². The van der Waals surface area contributed by atoms with Crippen molar-refractivity contribution in [3.05, 3.63) is 35.4 Å². The Morgan fingerprint density at radius 1 is 0.740 bits per heavy atom. The third-order valence-corrected chi connectivity index (χ3v) is 7.49. The van der Waals surface area contributed by atoms with Gasteiger partial charge in [-0.15, -0.1) is 0 Å². The Kier molecular flexibility index (Phi) is 19.2. The second-order valence-electron chi connectivity index (χ2n) is 11.4. The van der Waals surface area contributed by atoms with Gasteiger partial charge in [0.25, 0.3) is 0 Å². The standard InChI is InChI=1S/C18H30N2O6.C8H12N2O2.C8H6O4/c1-3-4-16(22)20-10-12-26-18(24)15-7-5-14(6-8-15)17(23)25-11-9-19-13(2)21;1(7-9-3-5-11-7)2-8-10-4-6-12-8;9-7(10)5-1-2-6(4-3-5)8(11)12/h14-15H,3-12H2,1-2H3,(H,19,21)(H,20,22);1-6H2;1-4H,(H,9,10)(H,11,12). The molecular weight excluding hydrogens is 656 g/mol. The zero-order chi connectivity index (χ0) is 36.7. The topological polar surface area (TPSA) is 229 Å². The minimum absolute atomic E-state index is 0.0407. The van der Waals surface area contributed by atoms with Gasteiger partial charge in [-0.1, -0.05) is 6.92 Å². The highest BCUT2D eigenvalue weighted by Crippen LogP contribution is 2.30. The average Bonchev–Trinajstić information content (AvgIpc) is 3.83. The third-order valence-electron chi connectivity index (χ3n) is 7.49. The summed E-state index contributed by atoms with van der Waals surface area (Å²) in [6, 6.07) is 5.02. The predicted molar refractivity (Wildman–Crippen MR) is 180 cm³/mol. The smallest absolute Gasteiger partial charge is 0.335 e. The van der Waals surface area contributed by atoms with Crippen LogP contribution >= 0.6 is 0 Å². The Morgan fingerprint density at radius 2 is 1.16 bits per heavy atom. The van der Waals surface area contributed by atoms with E-state index in [0.717, 1.165) is 57.4 Å². The first-order valence-electron chi connectivity index (χ1n) is 16.7. The molecule has 0 radical (unpaired) electrons. The summed E-state index contributed by atoms with van der Waals surface area (Å²) in [6.07, 6.45) is 5.28. The molecule has 4 N–H and O–H groups in total. The number of esters is 2. The van der Waals surface area contributed by atoms with Crippen LogP contribution in [0.1, 0.15) is 85.9 Å². The summed E-state index contributed by atoms with van der Waals surface area (Å²) >= 11 is 0. The molecule has 3 aliphatic rings. The van der Waals surface area contributed by atoms with Gasteiger partial charge in [-0.3, -0.25) is 29.2 Å². The van der Waals surface area contributed by atoms with Crippen LogP contribution in [0.3, 0.4) is 0 Å². The van der Waals surface area contributed by atoms with E-state index in [9.17, 15) is 28.8 Å². The van der Waals surface area contributed by atoms with Gasteiger partial charge in [-0.25, -0.2) is 9.59 Å². The monoisotopic (exact) mass is 704 g/mol. The number of amides is 2. The SMILES string of the molecule is C1COC(CCC2=NCCO2)=N1.CCCC(=O)NCCOC(=O)C1CCC(C(=O)OCCNC(C)=O)CC1.O=C(O)c1ccc(C(=O)O)cc1. The van der Waals surface area contributed by atoms with E-state index in [1.807, 2.05) is 6.92 Å². The van der Waals surface area contributed by atoms with Crippen molar-refractivity contribution in [1.29, 1.82) is 0 Å². The minimum Gasteiger partial charge on any atom is -0.479 e. The fourth-order valence-corrected chi connectivity index (χ4v) is 4.87. The lowest BCUT2D eigenvalue weighted by atomic mass is 9.82. The number of rotatable bonds is 15. The number of carbonyl (C=O) groups is 6. The van der Waals surface area contributed by atoms with E-state index in [1.54, 1.807) is 0 Å². The molecule has 1 aliphatic carbocycles. The number of hydrogen-bond acceptors (Lipinski definition) is 12. The van der Waals surface area contributed by atoms with Gasteiger partial charge in [0.1, 0.15) is 26.4 Å². The molecule has 16 nitrogen and oxygen atoms in total. The van der Waals surface area contributed by atoms with Crippen molar-refractivity contribution in [3.8, 4) is 0 Å². The van der Waals surface area contributed by atoms with Crippen LogP contribution in [0.4, 0.5) is 0 Å². The van der Waals surface area contributed by atoms with Crippen molar-refractivity contribution >= 4 is 47.5 Å². The number of hydrogen-bond donors (Lipinski definition) is 4. The van der Waals surface area contributed by atoms with Gasteiger partial charge in [0, 0.05) is 26.2 Å². The molecule has 0 atom stereocenters. The summed E-state index contributed by atoms with van der Waals surface area (Å²) in [5.41, 5.74) is 0.167. The average molecular weight is 705 g/mol. The Labute approximate surface area is 291 Å². The number of nitrogens with zero attached hydrogens (tertiary/aromatic N) is 2. The second-order valence-corrected chi connectivity index (χ2v) is 11.4. The number of aromatic carboxylic acids is 2. The maximum atomic E-state index is 12.0.